The van der Waals surface area contributed by atoms with Gasteiger partial charge in [0.1, 0.15) is 5.69 Å². The maximum absolute atomic E-state index is 13.1. The van der Waals surface area contributed by atoms with Crippen LogP contribution in [0.15, 0.2) is 48.9 Å². The molecular weight excluding hydrogens is 432 g/mol. The molecule has 2 amide bonds. The second-order valence-electron chi connectivity index (χ2n) is 8.73. The Morgan fingerprint density at radius 2 is 1.68 bits per heavy atom. The van der Waals surface area contributed by atoms with E-state index in [0.717, 1.165) is 52.4 Å². The van der Waals surface area contributed by atoms with Gasteiger partial charge in [-0.05, 0) is 5.56 Å². The Morgan fingerprint density at radius 3 is 2.38 bits per heavy atom. The smallest absolute Gasteiger partial charge is 0.274 e. The molecule has 0 radical (unpaired) electrons. The third kappa shape index (κ3) is 7.06. The fourth-order valence-corrected chi connectivity index (χ4v) is 4.36. The van der Waals surface area contributed by atoms with Gasteiger partial charge in [-0.2, -0.15) is 0 Å². The van der Waals surface area contributed by atoms with E-state index in [2.05, 4.69) is 44.0 Å². The van der Waals surface area contributed by atoms with Crippen LogP contribution in [0.1, 0.15) is 22.5 Å². The summed E-state index contributed by atoms with van der Waals surface area (Å²) in [6, 6.07) is 10.4. The third-order valence-corrected chi connectivity index (χ3v) is 6.43. The molecule has 2 saturated heterocycles. The lowest BCUT2D eigenvalue weighted by molar-refractivity contribution is -0.133. The van der Waals surface area contributed by atoms with Crippen molar-refractivity contribution < 1.29 is 14.3 Å². The van der Waals surface area contributed by atoms with Crippen LogP contribution >= 0.6 is 0 Å². The molecule has 0 aliphatic carbocycles. The number of morpholine rings is 1. The number of hydrogen-bond acceptors (Lipinski definition) is 7. The third-order valence-electron chi connectivity index (χ3n) is 6.43. The second kappa shape index (κ2) is 12.5. The maximum atomic E-state index is 13.1. The van der Waals surface area contributed by atoms with Gasteiger partial charge in [-0.25, -0.2) is 4.98 Å². The SMILES string of the molecule is O=C(CCN(CCN1CCOCC1)C(=O)c1cnccn1)N1CCN(Cc2ccccc2)CC1. The summed E-state index contributed by atoms with van der Waals surface area (Å²) in [6.07, 6.45) is 4.87. The number of rotatable bonds is 9. The summed E-state index contributed by atoms with van der Waals surface area (Å²) in [4.78, 5) is 42.5. The van der Waals surface area contributed by atoms with Gasteiger partial charge in [0.2, 0.25) is 5.91 Å². The van der Waals surface area contributed by atoms with Crippen molar-refractivity contribution in [1.82, 2.24) is 29.6 Å². The zero-order valence-corrected chi connectivity index (χ0v) is 19.7. The molecule has 2 fully saturated rings. The average molecular weight is 467 g/mol. The summed E-state index contributed by atoms with van der Waals surface area (Å²) < 4.78 is 5.42. The van der Waals surface area contributed by atoms with Gasteiger partial charge in [-0.15, -0.1) is 0 Å². The minimum absolute atomic E-state index is 0.0997. The fraction of sp³-hybridized carbons (Fsp3) is 0.520. The van der Waals surface area contributed by atoms with Crippen molar-refractivity contribution in [3.63, 3.8) is 0 Å². The van der Waals surface area contributed by atoms with Gasteiger partial charge in [-0.1, -0.05) is 30.3 Å². The normalized spacial score (nSPS) is 17.5. The number of benzene rings is 1. The van der Waals surface area contributed by atoms with Crippen molar-refractivity contribution in [2.75, 3.05) is 72.1 Å². The highest BCUT2D eigenvalue weighted by Crippen LogP contribution is 2.10. The first kappa shape index (κ1) is 24.3. The topological polar surface area (TPSA) is 82.1 Å². The van der Waals surface area contributed by atoms with E-state index in [1.54, 1.807) is 11.1 Å². The fourth-order valence-electron chi connectivity index (χ4n) is 4.36. The van der Waals surface area contributed by atoms with Crippen molar-refractivity contribution in [2.45, 2.75) is 13.0 Å². The molecule has 0 N–H and O–H groups in total. The summed E-state index contributed by atoms with van der Waals surface area (Å²) in [5.41, 5.74) is 1.60. The number of amides is 2. The minimum atomic E-state index is -0.179. The molecule has 4 rings (SSSR count). The molecule has 2 aromatic rings. The Balaban J connectivity index is 1.27. The van der Waals surface area contributed by atoms with Gasteiger partial charge < -0.3 is 14.5 Å². The molecule has 0 bridgehead atoms. The number of aromatic nitrogens is 2. The number of carbonyl (C=O) groups excluding carboxylic acids is 2. The summed E-state index contributed by atoms with van der Waals surface area (Å²) in [7, 11) is 0. The number of nitrogens with zero attached hydrogens (tertiary/aromatic N) is 6. The minimum Gasteiger partial charge on any atom is -0.379 e. The van der Waals surface area contributed by atoms with Crippen LogP contribution < -0.4 is 0 Å². The summed E-state index contributed by atoms with van der Waals surface area (Å²) in [6.45, 7) is 8.90. The first-order chi connectivity index (χ1) is 16.7. The van der Waals surface area contributed by atoms with Crippen molar-refractivity contribution >= 4 is 11.8 Å². The lowest BCUT2D eigenvalue weighted by atomic mass is 10.2. The van der Waals surface area contributed by atoms with Crippen LogP contribution in [-0.2, 0) is 16.1 Å². The lowest BCUT2D eigenvalue weighted by Gasteiger charge is -2.35. The van der Waals surface area contributed by atoms with E-state index >= 15 is 0 Å². The highest BCUT2D eigenvalue weighted by molar-refractivity contribution is 5.92. The van der Waals surface area contributed by atoms with E-state index in [0.29, 0.717) is 38.4 Å². The van der Waals surface area contributed by atoms with E-state index in [1.165, 1.54) is 18.0 Å². The standard InChI is InChI=1S/C25H34N6O3/c32-24(30-13-11-29(12-14-30)21-22-4-2-1-3-5-22)6-9-31(15-10-28-16-18-34-19-17-28)25(33)23-20-26-7-8-27-23/h1-5,7-8,20H,6,9-19,21H2. The van der Waals surface area contributed by atoms with Crippen molar-refractivity contribution in [3.8, 4) is 0 Å². The predicted octanol–water partition coefficient (Wildman–Crippen LogP) is 0.986. The van der Waals surface area contributed by atoms with Gasteiger partial charge >= 0.3 is 0 Å². The largest absolute Gasteiger partial charge is 0.379 e. The molecule has 34 heavy (non-hydrogen) atoms. The van der Waals surface area contributed by atoms with E-state index in [-0.39, 0.29) is 11.8 Å². The Kier molecular flexibility index (Phi) is 8.95. The zero-order chi connectivity index (χ0) is 23.6. The first-order valence-electron chi connectivity index (χ1n) is 12.1. The van der Waals surface area contributed by atoms with E-state index in [9.17, 15) is 9.59 Å². The van der Waals surface area contributed by atoms with Gasteiger partial charge in [0, 0.05) is 84.3 Å². The summed E-state index contributed by atoms with van der Waals surface area (Å²) >= 11 is 0. The first-order valence-corrected chi connectivity index (χ1v) is 12.1. The van der Waals surface area contributed by atoms with Crippen LogP contribution in [0.25, 0.3) is 0 Å². The molecule has 1 aromatic heterocycles. The molecule has 9 nitrogen and oxygen atoms in total. The molecule has 1 aromatic carbocycles. The Hall–Kier alpha value is -2.88. The number of hydrogen-bond donors (Lipinski definition) is 0. The van der Waals surface area contributed by atoms with Crippen LogP contribution in [0.5, 0.6) is 0 Å². The second-order valence-corrected chi connectivity index (χ2v) is 8.73. The molecule has 0 atom stereocenters. The number of carbonyl (C=O) groups is 2. The van der Waals surface area contributed by atoms with Crippen LogP contribution in [0, 0.1) is 0 Å². The quantitative estimate of drug-likeness (QED) is 0.545. The van der Waals surface area contributed by atoms with Crippen LogP contribution in [0.2, 0.25) is 0 Å². The molecule has 2 aliphatic rings. The van der Waals surface area contributed by atoms with Crippen molar-refractivity contribution in [2.24, 2.45) is 0 Å². The Morgan fingerprint density at radius 1 is 0.912 bits per heavy atom. The molecule has 3 heterocycles. The highest BCUT2D eigenvalue weighted by Gasteiger charge is 2.24. The Labute approximate surface area is 201 Å². The predicted molar refractivity (Wildman–Crippen MR) is 128 cm³/mol. The molecule has 0 unspecified atom stereocenters. The molecule has 2 aliphatic heterocycles. The molecule has 182 valence electrons. The summed E-state index contributed by atoms with van der Waals surface area (Å²) in [5.74, 6) is -0.0791. The Bertz CT molecular complexity index is 899. The van der Waals surface area contributed by atoms with E-state index in [4.69, 9.17) is 4.74 Å². The van der Waals surface area contributed by atoms with Gasteiger partial charge in [0.05, 0.1) is 19.4 Å². The molecule has 9 heteroatoms. The van der Waals surface area contributed by atoms with E-state index < -0.39 is 0 Å². The van der Waals surface area contributed by atoms with Gasteiger partial charge in [0.15, 0.2) is 0 Å². The monoisotopic (exact) mass is 466 g/mol. The molecular formula is C25H34N6O3. The van der Waals surface area contributed by atoms with Crippen LogP contribution in [0.4, 0.5) is 0 Å². The zero-order valence-electron chi connectivity index (χ0n) is 19.7. The number of ether oxygens (including phenoxy) is 1. The van der Waals surface area contributed by atoms with Crippen LogP contribution in [0.3, 0.4) is 0 Å². The molecule has 0 spiro atoms. The van der Waals surface area contributed by atoms with Crippen molar-refractivity contribution in [3.05, 3.63) is 60.2 Å². The van der Waals surface area contributed by atoms with Crippen molar-refractivity contribution in [1.29, 1.82) is 0 Å². The van der Waals surface area contributed by atoms with Crippen LogP contribution in [-0.4, -0.2) is 113 Å². The van der Waals surface area contributed by atoms with Gasteiger partial charge in [-0.3, -0.25) is 24.4 Å². The lowest BCUT2D eigenvalue weighted by Crippen LogP contribution is -2.49. The average Bonchev–Trinajstić information content (AvgIpc) is 2.90. The number of piperazine rings is 1. The maximum Gasteiger partial charge on any atom is 0.274 e. The van der Waals surface area contributed by atoms with Gasteiger partial charge in [0.25, 0.3) is 5.91 Å². The molecule has 0 saturated carbocycles. The summed E-state index contributed by atoms with van der Waals surface area (Å²) in [5, 5.41) is 0. The van der Waals surface area contributed by atoms with E-state index in [1.807, 2.05) is 11.0 Å². The highest BCUT2D eigenvalue weighted by atomic mass is 16.5.